The Hall–Kier alpha value is -0.820. The highest BCUT2D eigenvalue weighted by Gasteiger charge is 2.58. The van der Waals surface area contributed by atoms with Gasteiger partial charge in [-0.05, 0) is 59.0 Å². The van der Waals surface area contributed by atoms with Crippen molar-refractivity contribution in [2.75, 3.05) is 0 Å². The number of hydrogen-bond acceptors (Lipinski definition) is 1. The molecule has 0 aliphatic heterocycles. The van der Waals surface area contributed by atoms with Crippen molar-refractivity contribution < 1.29 is 5.11 Å². The van der Waals surface area contributed by atoms with Gasteiger partial charge in [-0.1, -0.05) is 98.4 Å². The quantitative estimate of drug-likeness (QED) is 0.492. The molecule has 154 valence electrons. The van der Waals surface area contributed by atoms with E-state index < -0.39 is 0 Å². The molecule has 0 radical (unpaired) electrons. The maximum absolute atomic E-state index is 10.5. The maximum atomic E-state index is 10.5. The number of benzene rings is 1. The van der Waals surface area contributed by atoms with E-state index in [0.29, 0.717) is 17.3 Å². The summed E-state index contributed by atoms with van der Waals surface area (Å²) in [6.45, 7) is 15.8. The molecule has 4 atom stereocenters. The van der Waals surface area contributed by atoms with Crippen LogP contribution in [0.4, 0.5) is 0 Å². The Balaban J connectivity index is 0.00000126. The zero-order valence-corrected chi connectivity index (χ0v) is 19.0. The monoisotopic (exact) mass is 372 g/mol. The largest absolute Gasteiger partial charge is 0.393 e. The van der Waals surface area contributed by atoms with Crippen LogP contribution in [0.25, 0.3) is 0 Å². The highest BCUT2D eigenvalue weighted by Crippen LogP contribution is 2.63. The van der Waals surface area contributed by atoms with Crippen LogP contribution < -0.4 is 0 Å². The second-order valence-electron chi connectivity index (χ2n) is 10.00. The minimum atomic E-state index is -0.111. The van der Waals surface area contributed by atoms with Gasteiger partial charge in [-0.2, -0.15) is 0 Å². The van der Waals surface area contributed by atoms with E-state index in [2.05, 4.69) is 58.9 Å². The molecule has 1 aromatic rings. The topological polar surface area (TPSA) is 20.2 Å². The molecule has 0 spiro atoms. The van der Waals surface area contributed by atoms with Gasteiger partial charge in [-0.25, -0.2) is 0 Å². The van der Waals surface area contributed by atoms with Gasteiger partial charge in [0.1, 0.15) is 0 Å². The summed E-state index contributed by atoms with van der Waals surface area (Å²) < 4.78 is 0. The van der Waals surface area contributed by atoms with Gasteiger partial charge in [0.2, 0.25) is 0 Å². The third-order valence-electron chi connectivity index (χ3n) is 7.64. The Bertz CT molecular complexity index is 568. The third-order valence-corrected chi connectivity index (χ3v) is 7.64. The van der Waals surface area contributed by atoms with Crippen LogP contribution in [0, 0.1) is 17.3 Å². The average molecular weight is 373 g/mol. The lowest BCUT2D eigenvalue weighted by Gasteiger charge is -2.62. The second-order valence-corrected chi connectivity index (χ2v) is 10.00. The predicted octanol–water partition coefficient (Wildman–Crippen LogP) is 7.47. The Morgan fingerprint density at radius 1 is 0.963 bits per heavy atom. The van der Waals surface area contributed by atoms with Crippen LogP contribution in [-0.2, 0) is 5.41 Å². The number of fused-ring (bicyclic) bond motifs is 2. The highest BCUT2D eigenvalue weighted by atomic mass is 16.3. The van der Waals surface area contributed by atoms with Gasteiger partial charge in [0.15, 0.2) is 0 Å². The van der Waals surface area contributed by atoms with Crippen LogP contribution in [0.15, 0.2) is 24.3 Å². The summed E-state index contributed by atoms with van der Waals surface area (Å²) in [5.74, 6) is 1.81. The van der Waals surface area contributed by atoms with E-state index in [0.717, 1.165) is 12.3 Å². The molecule has 0 heterocycles. The number of aliphatic hydroxyl groups excluding tert-OH is 1. The lowest BCUT2D eigenvalue weighted by atomic mass is 9.44. The number of hydrogen-bond donors (Lipinski definition) is 1. The molecule has 0 aromatic heterocycles. The van der Waals surface area contributed by atoms with Gasteiger partial charge in [0.25, 0.3) is 0 Å². The Kier molecular flexibility index (Phi) is 7.59. The first-order chi connectivity index (χ1) is 12.8. The Morgan fingerprint density at radius 3 is 2.11 bits per heavy atom. The molecule has 1 N–H and O–H groups in total. The zero-order chi connectivity index (χ0) is 20.2. The summed E-state index contributed by atoms with van der Waals surface area (Å²) in [4.78, 5) is 0. The molecule has 3 fully saturated rings. The van der Waals surface area contributed by atoms with Crippen LogP contribution >= 0.6 is 0 Å². The van der Waals surface area contributed by atoms with Crippen LogP contribution in [0.1, 0.15) is 110 Å². The van der Waals surface area contributed by atoms with Gasteiger partial charge in [0.05, 0.1) is 6.10 Å². The summed E-state index contributed by atoms with van der Waals surface area (Å²) in [6, 6.07) is 9.43. The molecule has 3 aliphatic carbocycles. The number of aliphatic hydroxyl groups is 1. The minimum Gasteiger partial charge on any atom is -0.393 e. The SMILES string of the molecule is CC.CCCCCCC(C)(C)c1ccc([C@H]2CC(O)C3CC2C3(C)C)cc1. The Morgan fingerprint density at radius 2 is 1.59 bits per heavy atom. The number of unbranched alkanes of at least 4 members (excludes halogenated alkanes) is 3. The van der Waals surface area contributed by atoms with Crippen molar-refractivity contribution in [1.29, 1.82) is 0 Å². The maximum Gasteiger partial charge on any atom is 0.0579 e. The van der Waals surface area contributed by atoms with Crippen LogP contribution in [-0.4, -0.2) is 11.2 Å². The molecule has 1 aromatic carbocycles. The van der Waals surface area contributed by atoms with Gasteiger partial charge in [-0.3, -0.25) is 0 Å². The zero-order valence-electron chi connectivity index (χ0n) is 19.0. The third kappa shape index (κ3) is 4.61. The van der Waals surface area contributed by atoms with Crippen molar-refractivity contribution >= 4 is 0 Å². The molecule has 3 unspecified atom stereocenters. The van der Waals surface area contributed by atoms with E-state index in [1.54, 1.807) is 0 Å². The standard InChI is InChI=1S/C24H38O.C2H6/c1-6-7-8-9-14-23(2,3)18-12-10-17(11-13-18)19-15-22(25)21-16-20(19)24(21,4)5;1-2/h10-13,19-22,25H,6-9,14-16H2,1-5H3;1-2H3/t19-,20?,21?,22?;/m1./s1. The molecule has 4 rings (SSSR count). The van der Waals surface area contributed by atoms with E-state index in [-0.39, 0.29) is 11.5 Å². The summed E-state index contributed by atoms with van der Waals surface area (Å²) >= 11 is 0. The van der Waals surface area contributed by atoms with Gasteiger partial charge >= 0.3 is 0 Å². The molecule has 27 heavy (non-hydrogen) atoms. The minimum absolute atomic E-state index is 0.111. The van der Waals surface area contributed by atoms with Crippen LogP contribution in [0.5, 0.6) is 0 Å². The van der Waals surface area contributed by atoms with E-state index in [1.807, 2.05) is 13.8 Å². The second kappa shape index (κ2) is 9.12. The Labute approximate surface area is 169 Å². The fraction of sp³-hybridized carbons (Fsp3) is 0.769. The first-order valence-corrected chi connectivity index (χ1v) is 11.6. The van der Waals surface area contributed by atoms with E-state index in [9.17, 15) is 5.11 Å². The van der Waals surface area contributed by atoms with Crippen molar-refractivity contribution in [3.63, 3.8) is 0 Å². The normalized spacial score (nSPS) is 28.7. The molecule has 2 bridgehead atoms. The summed E-state index contributed by atoms with van der Waals surface area (Å²) in [5.41, 5.74) is 3.48. The molecular formula is C26H44O. The van der Waals surface area contributed by atoms with Crippen LogP contribution in [0.3, 0.4) is 0 Å². The van der Waals surface area contributed by atoms with Crippen molar-refractivity contribution in [2.45, 2.75) is 111 Å². The van der Waals surface area contributed by atoms with Crippen molar-refractivity contribution in [2.24, 2.45) is 17.3 Å². The van der Waals surface area contributed by atoms with Crippen molar-refractivity contribution in [3.05, 3.63) is 35.4 Å². The van der Waals surface area contributed by atoms with Crippen LogP contribution in [0.2, 0.25) is 0 Å². The predicted molar refractivity (Wildman–Crippen MR) is 118 cm³/mol. The molecular weight excluding hydrogens is 328 g/mol. The summed E-state index contributed by atoms with van der Waals surface area (Å²) in [5, 5.41) is 10.5. The highest BCUT2D eigenvalue weighted by molar-refractivity contribution is 5.32. The lowest BCUT2D eigenvalue weighted by Crippen LogP contribution is -2.57. The average Bonchev–Trinajstić information content (AvgIpc) is 2.66. The molecule has 1 nitrogen and oxygen atoms in total. The molecule has 3 aliphatic rings. The first kappa shape index (κ1) is 22.5. The lowest BCUT2D eigenvalue weighted by molar-refractivity contribution is -0.152. The summed E-state index contributed by atoms with van der Waals surface area (Å²) in [7, 11) is 0. The van der Waals surface area contributed by atoms with Crippen molar-refractivity contribution in [3.8, 4) is 0 Å². The smallest absolute Gasteiger partial charge is 0.0579 e. The molecule has 0 amide bonds. The van der Waals surface area contributed by atoms with Gasteiger partial charge < -0.3 is 5.11 Å². The van der Waals surface area contributed by atoms with Crippen molar-refractivity contribution in [1.82, 2.24) is 0 Å². The van der Waals surface area contributed by atoms with E-state index in [1.165, 1.54) is 49.7 Å². The molecule has 3 saturated carbocycles. The fourth-order valence-corrected chi connectivity index (χ4v) is 5.61. The fourth-order valence-electron chi connectivity index (χ4n) is 5.61. The van der Waals surface area contributed by atoms with Gasteiger partial charge in [0, 0.05) is 0 Å². The molecule has 0 saturated heterocycles. The first-order valence-electron chi connectivity index (χ1n) is 11.6. The van der Waals surface area contributed by atoms with Gasteiger partial charge in [-0.15, -0.1) is 0 Å². The van der Waals surface area contributed by atoms with E-state index >= 15 is 0 Å². The summed E-state index contributed by atoms with van der Waals surface area (Å²) in [6.07, 6.45) is 8.68. The van der Waals surface area contributed by atoms with E-state index in [4.69, 9.17) is 0 Å². The number of rotatable bonds is 7. The molecule has 1 heteroatoms.